The van der Waals surface area contributed by atoms with Crippen molar-refractivity contribution in [2.24, 2.45) is 0 Å². The standard InChI is InChI=1S/C3H4O3.K/c4-3(5)2-1-6-2;/h2H,1H2,(H,4,5);/t2-;/m0./s1. The van der Waals surface area contributed by atoms with Crippen molar-refractivity contribution in [3.63, 3.8) is 0 Å². The zero-order chi connectivity index (χ0) is 4.57. The summed E-state index contributed by atoms with van der Waals surface area (Å²) in [5, 5.41) is 7.93. The number of rotatable bonds is 1. The van der Waals surface area contributed by atoms with Crippen LogP contribution in [0.2, 0.25) is 0 Å². The molecule has 1 saturated heterocycles. The smallest absolute Gasteiger partial charge is 0.335 e. The molecule has 1 atom stereocenters. The quantitative estimate of drug-likeness (QED) is 0.366. The summed E-state index contributed by atoms with van der Waals surface area (Å²) in [4.78, 5) is 9.64. The third-order valence-electron chi connectivity index (χ3n) is 0.609. The predicted octanol–water partition coefficient (Wildman–Crippen LogP) is -0.911. The van der Waals surface area contributed by atoms with Gasteiger partial charge in [-0.1, -0.05) is 0 Å². The maximum Gasteiger partial charge on any atom is 0.335 e. The third kappa shape index (κ3) is 2.79. The molecule has 1 heterocycles. The number of hydrogen-bond donors (Lipinski definition) is 1. The molecule has 0 bridgehead atoms. The molecule has 1 aliphatic rings. The number of ether oxygens (including phenoxy) is 1. The first-order chi connectivity index (χ1) is 2.80. The van der Waals surface area contributed by atoms with Crippen LogP contribution in [0.25, 0.3) is 0 Å². The molecule has 1 fully saturated rings. The molecule has 0 aromatic carbocycles. The molecular weight excluding hydrogens is 123 g/mol. The molecule has 1 N–H and O–H groups in total. The summed E-state index contributed by atoms with van der Waals surface area (Å²) < 4.78 is 4.37. The average molecular weight is 127 g/mol. The topological polar surface area (TPSA) is 49.8 Å². The van der Waals surface area contributed by atoms with Crippen LogP contribution >= 0.6 is 0 Å². The summed E-state index contributed by atoms with van der Waals surface area (Å²) >= 11 is 0. The second-order valence-electron chi connectivity index (χ2n) is 1.16. The van der Waals surface area contributed by atoms with Gasteiger partial charge in [-0.05, 0) is 0 Å². The van der Waals surface area contributed by atoms with Crippen LogP contribution in [0.4, 0.5) is 0 Å². The van der Waals surface area contributed by atoms with Crippen molar-refractivity contribution < 1.29 is 14.6 Å². The number of hydrogen-bond acceptors (Lipinski definition) is 2. The normalized spacial score (nSPS) is 25.4. The Morgan fingerprint density at radius 3 is 2.29 bits per heavy atom. The van der Waals surface area contributed by atoms with Gasteiger partial charge < -0.3 is 9.84 Å². The van der Waals surface area contributed by atoms with Crippen LogP contribution in [0.1, 0.15) is 0 Å². The molecule has 4 heteroatoms. The van der Waals surface area contributed by atoms with Gasteiger partial charge in [-0.2, -0.15) is 0 Å². The van der Waals surface area contributed by atoms with E-state index in [0.717, 1.165) is 0 Å². The summed E-state index contributed by atoms with van der Waals surface area (Å²) in [6.07, 6.45) is -0.481. The van der Waals surface area contributed by atoms with Crippen molar-refractivity contribution in [3.8, 4) is 0 Å². The fourth-order valence-electron chi connectivity index (χ4n) is 0.191. The zero-order valence-electron chi connectivity index (χ0n) is 4.05. The molecule has 0 saturated carbocycles. The number of carboxylic acid groups (broad SMARTS) is 1. The van der Waals surface area contributed by atoms with E-state index >= 15 is 0 Å². The Morgan fingerprint density at radius 1 is 1.86 bits per heavy atom. The van der Waals surface area contributed by atoms with Gasteiger partial charge in [-0.3, -0.25) is 0 Å². The van der Waals surface area contributed by atoms with Gasteiger partial charge in [-0.25, -0.2) is 4.79 Å². The van der Waals surface area contributed by atoms with Crippen molar-refractivity contribution in [1.82, 2.24) is 0 Å². The van der Waals surface area contributed by atoms with Gasteiger partial charge in [0.15, 0.2) is 6.10 Å². The van der Waals surface area contributed by atoms with Gasteiger partial charge in [0, 0.05) is 51.4 Å². The first kappa shape index (κ1) is 8.07. The minimum Gasteiger partial charge on any atom is -0.479 e. The Balaban J connectivity index is 0.000000360. The van der Waals surface area contributed by atoms with Gasteiger partial charge in [0.2, 0.25) is 0 Å². The molecule has 7 heavy (non-hydrogen) atoms. The third-order valence-corrected chi connectivity index (χ3v) is 0.609. The summed E-state index contributed by atoms with van der Waals surface area (Å²) in [6, 6.07) is 0. The molecule has 0 aromatic heterocycles. The summed E-state index contributed by atoms with van der Waals surface area (Å²) in [7, 11) is 0. The van der Waals surface area contributed by atoms with Gasteiger partial charge >= 0.3 is 5.97 Å². The van der Waals surface area contributed by atoms with E-state index in [-0.39, 0.29) is 51.4 Å². The van der Waals surface area contributed by atoms with E-state index in [1.54, 1.807) is 0 Å². The van der Waals surface area contributed by atoms with Crippen LogP contribution in [-0.2, 0) is 9.53 Å². The molecule has 3 nitrogen and oxygen atoms in total. The van der Waals surface area contributed by atoms with Crippen molar-refractivity contribution in [2.75, 3.05) is 6.61 Å². The van der Waals surface area contributed by atoms with Crippen molar-refractivity contribution in [2.45, 2.75) is 6.10 Å². The van der Waals surface area contributed by atoms with Crippen molar-refractivity contribution in [3.05, 3.63) is 0 Å². The Kier molecular flexibility index (Phi) is 3.65. The second-order valence-corrected chi connectivity index (χ2v) is 1.16. The Labute approximate surface area is 83.5 Å². The minimum absolute atomic E-state index is 0. The average Bonchev–Trinajstić information content (AvgIpc) is 2.06. The van der Waals surface area contributed by atoms with E-state index in [1.807, 2.05) is 0 Å². The Hall–Kier alpha value is 1.07. The first-order valence-electron chi connectivity index (χ1n) is 1.65. The molecule has 35 valence electrons. The maximum absolute atomic E-state index is 9.64. The zero-order valence-corrected chi connectivity index (χ0v) is 7.17. The molecule has 0 amide bonds. The van der Waals surface area contributed by atoms with Gasteiger partial charge in [0.25, 0.3) is 0 Å². The predicted molar refractivity (Wildman–Crippen MR) is 23.1 cm³/mol. The fourth-order valence-corrected chi connectivity index (χ4v) is 0.191. The van der Waals surface area contributed by atoms with Crippen LogP contribution in [0, 0.1) is 0 Å². The SMILES string of the molecule is O=C(O)[C@@H]1CO1.[K]. The van der Waals surface area contributed by atoms with E-state index in [2.05, 4.69) is 4.74 Å². The number of aliphatic carboxylic acids is 1. The number of carboxylic acids is 1. The summed E-state index contributed by atoms with van der Waals surface area (Å²) in [5.74, 6) is -0.852. The van der Waals surface area contributed by atoms with Crippen LogP contribution in [0.5, 0.6) is 0 Å². The van der Waals surface area contributed by atoms with Crippen LogP contribution < -0.4 is 0 Å². The van der Waals surface area contributed by atoms with Crippen LogP contribution in [0.15, 0.2) is 0 Å². The van der Waals surface area contributed by atoms with E-state index in [1.165, 1.54) is 0 Å². The van der Waals surface area contributed by atoms with Gasteiger partial charge in [0.1, 0.15) is 0 Å². The number of epoxide rings is 1. The molecular formula is C3H4KO3. The van der Waals surface area contributed by atoms with Crippen LogP contribution in [0.3, 0.4) is 0 Å². The Morgan fingerprint density at radius 2 is 2.29 bits per heavy atom. The minimum atomic E-state index is -0.852. The monoisotopic (exact) mass is 127 g/mol. The maximum atomic E-state index is 9.64. The fraction of sp³-hybridized carbons (Fsp3) is 0.667. The first-order valence-corrected chi connectivity index (χ1v) is 1.65. The molecule has 0 aromatic rings. The van der Waals surface area contributed by atoms with Crippen molar-refractivity contribution in [1.29, 1.82) is 0 Å². The largest absolute Gasteiger partial charge is 0.479 e. The molecule has 0 unspecified atom stereocenters. The van der Waals surface area contributed by atoms with E-state index in [4.69, 9.17) is 5.11 Å². The van der Waals surface area contributed by atoms with E-state index < -0.39 is 12.1 Å². The summed E-state index contributed by atoms with van der Waals surface area (Å²) in [6.45, 7) is 0.398. The Bertz CT molecular complexity index is 78.2. The van der Waals surface area contributed by atoms with Crippen molar-refractivity contribution >= 4 is 57.4 Å². The summed E-state index contributed by atoms with van der Waals surface area (Å²) in [5.41, 5.74) is 0. The second kappa shape index (κ2) is 3.16. The van der Waals surface area contributed by atoms with E-state index in [0.29, 0.717) is 6.61 Å². The van der Waals surface area contributed by atoms with Gasteiger partial charge in [-0.15, -0.1) is 0 Å². The molecule has 0 spiro atoms. The van der Waals surface area contributed by atoms with Crippen LogP contribution in [-0.4, -0.2) is 75.2 Å². The van der Waals surface area contributed by atoms with E-state index in [9.17, 15) is 4.79 Å². The molecule has 1 rings (SSSR count). The molecule has 1 aliphatic heterocycles. The number of carbonyl (C=O) groups is 1. The molecule has 0 aliphatic carbocycles. The van der Waals surface area contributed by atoms with Gasteiger partial charge in [0.05, 0.1) is 6.61 Å². The molecule has 1 radical (unpaired) electrons.